The van der Waals surface area contributed by atoms with Gasteiger partial charge in [-0.15, -0.1) is 0 Å². The first kappa shape index (κ1) is 17.9. The fourth-order valence-corrected chi connectivity index (χ4v) is 5.18. The van der Waals surface area contributed by atoms with E-state index in [0.717, 1.165) is 11.3 Å². The van der Waals surface area contributed by atoms with Crippen LogP contribution in [0.4, 0.5) is 0 Å². The van der Waals surface area contributed by atoms with E-state index in [1.54, 1.807) is 4.90 Å². The van der Waals surface area contributed by atoms with E-state index in [-0.39, 0.29) is 28.9 Å². The molecule has 2 aromatic heterocycles. The Hall–Kier alpha value is -1.89. The topological polar surface area (TPSA) is 71.8 Å². The second-order valence-corrected chi connectivity index (χ2v) is 9.87. The van der Waals surface area contributed by atoms with Gasteiger partial charge in [-0.05, 0) is 25.5 Å². The van der Waals surface area contributed by atoms with Crippen molar-refractivity contribution in [2.45, 2.75) is 45.6 Å². The summed E-state index contributed by atoms with van der Waals surface area (Å²) >= 11 is 0. The van der Waals surface area contributed by atoms with Crippen LogP contribution in [-0.2, 0) is 15.3 Å². The van der Waals surface area contributed by atoms with Crippen molar-refractivity contribution in [3.63, 3.8) is 0 Å². The van der Waals surface area contributed by atoms with Crippen LogP contribution in [0, 0.1) is 0 Å². The molecule has 3 heterocycles. The molecule has 1 aliphatic heterocycles. The van der Waals surface area contributed by atoms with E-state index in [0.29, 0.717) is 18.7 Å². The Morgan fingerprint density at radius 1 is 1.36 bits per heavy atom. The summed E-state index contributed by atoms with van der Waals surface area (Å²) in [6.07, 6.45) is 2.41. The number of sulfone groups is 1. The van der Waals surface area contributed by atoms with Crippen LogP contribution in [0.5, 0.6) is 0 Å². The Morgan fingerprint density at radius 2 is 2.08 bits per heavy atom. The van der Waals surface area contributed by atoms with Gasteiger partial charge in [-0.25, -0.2) is 13.4 Å². The SMILES string of the molecule is CCN(C(=O)c1nc(C(C)(C)C)n2ccccc12)C1CCS(=O)(=O)C1. The lowest BCUT2D eigenvalue weighted by atomic mass is 9.96. The average Bonchev–Trinajstić information content (AvgIpc) is 3.08. The summed E-state index contributed by atoms with van der Waals surface area (Å²) in [4.78, 5) is 19.5. The molecule has 0 aliphatic carbocycles. The lowest BCUT2D eigenvalue weighted by Crippen LogP contribution is -2.41. The lowest BCUT2D eigenvalue weighted by Gasteiger charge is -2.26. The lowest BCUT2D eigenvalue weighted by molar-refractivity contribution is 0.0704. The van der Waals surface area contributed by atoms with E-state index in [1.807, 2.05) is 35.7 Å². The van der Waals surface area contributed by atoms with Crippen molar-refractivity contribution in [1.29, 1.82) is 0 Å². The van der Waals surface area contributed by atoms with Crippen molar-refractivity contribution in [3.05, 3.63) is 35.9 Å². The van der Waals surface area contributed by atoms with Gasteiger partial charge in [0.05, 0.1) is 17.0 Å². The summed E-state index contributed by atoms with van der Waals surface area (Å²) < 4.78 is 25.6. The highest BCUT2D eigenvalue weighted by Gasteiger charge is 2.36. The molecule has 7 heteroatoms. The molecule has 6 nitrogen and oxygen atoms in total. The minimum atomic E-state index is -3.05. The maximum atomic E-state index is 13.2. The molecule has 1 unspecified atom stereocenters. The second kappa shape index (κ2) is 6.12. The molecule has 1 saturated heterocycles. The van der Waals surface area contributed by atoms with Crippen LogP contribution in [0.1, 0.15) is 50.4 Å². The average molecular weight is 363 g/mol. The normalized spacial score (nSPS) is 20.1. The Bertz CT molecular complexity index is 909. The fraction of sp³-hybridized carbons (Fsp3) is 0.556. The molecule has 0 aromatic carbocycles. The summed E-state index contributed by atoms with van der Waals surface area (Å²) in [5.41, 5.74) is 0.949. The van der Waals surface area contributed by atoms with Gasteiger partial charge in [-0.1, -0.05) is 26.8 Å². The largest absolute Gasteiger partial charge is 0.333 e. The number of pyridine rings is 1. The standard InChI is InChI=1S/C18H25N3O3S/c1-5-20(13-9-11-25(23,24)12-13)16(22)15-14-8-6-7-10-21(14)17(19-15)18(2,3)4/h6-8,10,13H,5,9,11-12H2,1-4H3. The zero-order valence-electron chi connectivity index (χ0n) is 15.2. The molecule has 0 radical (unpaired) electrons. The van der Waals surface area contributed by atoms with Crippen molar-refractivity contribution in [1.82, 2.24) is 14.3 Å². The van der Waals surface area contributed by atoms with Gasteiger partial charge in [0.25, 0.3) is 5.91 Å². The predicted octanol–water partition coefficient (Wildman–Crippen LogP) is 2.28. The van der Waals surface area contributed by atoms with Gasteiger partial charge < -0.3 is 9.30 Å². The van der Waals surface area contributed by atoms with E-state index in [4.69, 9.17) is 0 Å². The van der Waals surface area contributed by atoms with E-state index in [9.17, 15) is 13.2 Å². The molecule has 0 spiro atoms. The molecule has 1 amide bonds. The van der Waals surface area contributed by atoms with Crippen molar-refractivity contribution >= 4 is 21.3 Å². The van der Waals surface area contributed by atoms with E-state index in [2.05, 4.69) is 25.8 Å². The molecule has 1 fully saturated rings. The van der Waals surface area contributed by atoms with Crippen LogP contribution in [0.25, 0.3) is 5.52 Å². The highest BCUT2D eigenvalue weighted by molar-refractivity contribution is 7.91. The third-order valence-electron chi connectivity index (χ3n) is 4.67. The number of imidazole rings is 1. The number of fused-ring (bicyclic) bond motifs is 1. The summed E-state index contributed by atoms with van der Waals surface area (Å²) in [6.45, 7) is 8.53. The highest BCUT2D eigenvalue weighted by atomic mass is 32.2. The highest BCUT2D eigenvalue weighted by Crippen LogP contribution is 2.27. The molecular weight excluding hydrogens is 338 g/mol. The fourth-order valence-electron chi connectivity index (χ4n) is 3.45. The van der Waals surface area contributed by atoms with Crippen LogP contribution in [0.3, 0.4) is 0 Å². The van der Waals surface area contributed by atoms with Crippen molar-refractivity contribution in [2.75, 3.05) is 18.1 Å². The summed E-state index contributed by atoms with van der Waals surface area (Å²) in [5.74, 6) is 0.827. The predicted molar refractivity (Wildman–Crippen MR) is 97.7 cm³/mol. The van der Waals surface area contributed by atoms with Crippen LogP contribution in [0.15, 0.2) is 24.4 Å². The quantitative estimate of drug-likeness (QED) is 0.839. The number of nitrogens with zero attached hydrogens (tertiary/aromatic N) is 3. The number of carbonyl (C=O) groups excluding carboxylic acids is 1. The zero-order valence-corrected chi connectivity index (χ0v) is 16.0. The first-order valence-corrected chi connectivity index (χ1v) is 10.4. The molecule has 0 N–H and O–H groups in total. The van der Waals surface area contributed by atoms with E-state index >= 15 is 0 Å². The van der Waals surface area contributed by atoms with E-state index < -0.39 is 9.84 Å². The van der Waals surface area contributed by atoms with Crippen LogP contribution < -0.4 is 0 Å². The maximum Gasteiger partial charge on any atom is 0.274 e. The van der Waals surface area contributed by atoms with Crippen LogP contribution >= 0.6 is 0 Å². The Morgan fingerprint density at radius 3 is 2.64 bits per heavy atom. The number of hydrogen-bond acceptors (Lipinski definition) is 4. The van der Waals surface area contributed by atoms with Crippen molar-refractivity contribution in [3.8, 4) is 0 Å². The second-order valence-electron chi connectivity index (χ2n) is 7.64. The molecule has 0 bridgehead atoms. The summed E-state index contributed by atoms with van der Waals surface area (Å²) in [7, 11) is -3.05. The number of carbonyl (C=O) groups is 1. The first-order chi connectivity index (χ1) is 11.6. The van der Waals surface area contributed by atoms with Gasteiger partial charge in [0.1, 0.15) is 5.82 Å². The molecule has 1 aliphatic rings. The summed E-state index contributed by atoms with van der Waals surface area (Å²) in [6, 6.07) is 5.42. The van der Waals surface area contributed by atoms with Gasteiger partial charge in [0.2, 0.25) is 0 Å². The molecule has 2 aromatic rings. The van der Waals surface area contributed by atoms with Crippen LogP contribution in [-0.4, -0.2) is 52.7 Å². The minimum Gasteiger partial charge on any atom is -0.333 e. The molecular formula is C18H25N3O3S. The number of hydrogen-bond donors (Lipinski definition) is 0. The first-order valence-electron chi connectivity index (χ1n) is 8.63. The van der Waals surface area contributed by atoms with E-state index in [1.165, 1.54) is 0 Å². The van der Waals surface area contributed by atoms with Crippen LogP contribution in [0.2, 0.25) is 0 Å². The molecule has 1 atom stereocenters. The maximum absolute atomic E-state index is 13.2. The molecule has 3 rings (SSSR count). The Kier molecular flexibility index (Phi) is 4.39. The van der Waals surface area contributed by atoms with Gasteiger partial charge in [0.15, 0.2) is 15.5 Å². The Labute approximate surface area is 148 Å². The molecule has 136 valence electrons. The Balaban J connectivity index is 2.05. The smallest absolute Gasteiger partial charge is 0.274 e. The third kappa shape index (κ3) is 3.29. The van der Waals surface area contributed by atoms with Gasteiger partial charge >= 0.3 is 0 Å². The summed E-state index contributed by atoms with van der Waals surface area (Å²) in [5, 5.41) is 0. The number of rotatable bonds is 3. The number of aromatic nitrogens is 2. The van der Waals surface area contributed by atoms with Gasteiger partial charge in [-0.3, -0.25) is 4.79 Å². The van der Waals surface area contributed by atoms with Crippen molar-refractivity contribution < 1.29 is 13.2 Å². The molecule has 25 heavy (non-hydrogen) atoms. The van der Waals surface area contributed by atoms with Gasteiger partial charge in [0, 0.05) is 24.2 Å². The molecule has 0 saturated carbocycles. The van der Waals surface area contributed by atoms with Crippen molar-refractivity contribution in [2.24, 2.45) is 0 Å². The zero-order chi connectivity index (χ0) is 18.4. The minimum absolute atomic E-state index is 0.0461. The number of amides is 1. The monoisotopic (exact) mass is 363 g/mol. The third-order valence-corrected chi connectivity index (χ3v) is 6.42. The van der Waals surface area contributed by atoms with Gasteiger partial charge in [-0.2, -0.15) is 0 Å².